The Morgan fingerprint density at radius 2 is 0.625 bits per heavy atom. The molecule has 0 spiro atoms. The molecule has 4 saturated heterocycles. The SMILES string of the molecule is CC1(C)C(=O)N(c2ccc(SC(F)(F)F)cc2)C(=O)N1Cc1ccnc(C#N)c1.CC1(C)C(=O)N(c2ccc(SC(F)(F)F)cc2)C(=O)N1Cc1ccnc(C(=O)O)c1.CC1(C)C(=O)N(c2ccc(SC(F)(F)F)cc2)C(=O)N1Cc1ccnc(C(N)=O)c1.CNC(=O)c1cc(CN2C(=O)N(c3ccc(SC(F)(F)F)cc3)C(=O)C2(C)C)ccn1. The van der Waals surface area contributed by atoms with Gasteiger partial charge in [0.25, 0.3) is 35.4 Å². The third-order valence-electron chi connectivity index (χ3n) is 18.3. The molecule has 4 fully saturated rings. The van der Waals surface area contributed by atoms with Crippen LogP contribution in [-0.4, -0.2) is 161 Å². The number of carboxylic acid groups (broad SMARTS) is 1. The van der Waals surface area contributed by atoms with Crippen LogP contribution in [0, 0.1) is 11.3 Å². The van der Waals surface area contributed by atoms with Crippen LogP contribution < -0.4 is 30.7 Å². The van der Waals surface area contributed by atoms with Gasteiger partial charge in [0.15, 0.2) is 0 Å². The molecule has 8 aromatic rings. The highest BCUT2D eigenvalue weighted by Crippen LogP contribution is 2.45. The number of alkyl halides is 12. The normalized spacial score (nSPS) is 16.2. The first-order valence-corrected chi connectivity index (χ1v) is 38.1. The van der Waals surface area contributed by atoms with Crippen molar-refractivity contribution in [3.05, 3.63) is 215 Å². The van der Waals surface area contributed by atoms with Gasteiger partial charge in [0.1, 0.15) is 51.0 Å². The third kappa shape index (κ3) is 21.6. The van der Waals surface area contributed by atoms with Crippen molar-refractivity contribution in [2.45, 2.75) is 145 Å². The fraction of sp³-hybridized carbons (Fsp3) is 0.273. The van der Waals surface area contributed by atoms with Crippen LogP contribution in [0.3, 0.4) is 0 Å². The highest BCUT2D eigenvalue weighted by atomic mass is 32.2. The van der Waals surface area contributed by atoms with Crippen LogP contribution in [0.4, 0.5) is 94.6 Å². The summed E-state index contributed by atoms with van der Waals surface area (Å²) in [4.78, 5) is 162. The largest absolute Gasteiger partial charge is 0.477 e. The van der Waals surface area contributed by atoms with Crippen LogP contribution in [0.25, 0.3) is 0 Å². The van der Waals surface area contributed by atoms with Gasteiger partial charge in [-0.2, -0.15) is 57.9 Å². The minimum Gasteiger partial charge on any atom is -0.477 e. The Hall–Kier alpha value is -12.3. The van der Waals surface area contributed by atoms with E-state index in [4.69, 9.17) is 16.1 Å². The zero-order valence-corrected chi connectivity index (χ0v) is 67.3. The Balaban J connectivity index is 0.000000182. The average molecular weight is 1750 g/mol. The molecule has 0 atom stereocenters. The summed E-state index contributed by atoms with van der Waals surface area (Å²) in [6.07, 6.45) is 5.55. The molecule has 43 heteroatoms. The summed E-state index contributed by atoms with van der Waals surface area (Å²) in [6.45, 7) is 12.7. The Morgan fingerprint density at radius 1 is 0.392 bits per heavy atom. The van der Waals surface area contributed by atoms with E-state index >= 15 is 0 Å². The van der Waals surface area contributed by atoms with Crippen LogP contribution in [0.15, 0.2) is 190 Å². The second kappa shape index (κ2) is 35.7. The number of aromatic nitrogens is 4. The summed E-state index contributed by atoms with van der Waals surface area (Å²) in [5.41, 5.74) is -14.2. The predicted octanol–water partition coefficient (Wildman–Crippen LogP) is 15.8. The number of aromatic carboxylic acids is 1. The van der Waals surface area contributed by atoms with Crippen molar-refractivity contribution in [1.29, 1.82) is 5.26 Å². The van der Waals surface area contributed by atoms with Crippen molar-refractivity contribution in [1.82, 2.24) is 44.9 Å². The van der Waals surface area contributed by atoms with E-state index in [-0.39, 0.29) is 144 Å². The number of amides is 14. The van der Waals surface area contributed by atoms with Crippen LogP contribution in [0.5, 0.6) is 0 Å². The average Bonchev–Trinajstić information content (AvgIpc) is 1.62. The second-order valence-corrected chi connectivity index (χ2v) is 32.6. The van der Waals surface area contributed by atoms with Gasteiger partial charge < -0.3 is 35.8 Å². The number of urea groups is 4. The van der Waals surface area contributed by atoms with Gasteiger partial charge in [0.2, 0.25) is 0 Å². The van der Waals surface area contributed by atoms with E-state index in [9.17, 15) is 105 Å². The number of primary amides is 1. The Bertz CT molecular complexity index is 5190. The van der Waals surface area contributed by atoms with Crippen molar-refractivity contribution in [3.63, 3.8) is 0 Å². The van der Waals surface area contributed by atoms with Crippen molar-refractivity contribution < 1.29 is 111 Å². The molecule has 0 radical (unpaired) electrons. The molecule has 120 heavy (non-hydrogen) atoms. The molecule has 4 aliphatic heterocycles. The maximum Gasteiger partial charge on any atom is 0.446 e. The molecule has 12 rings (SSSR count). The number of hydrogen-bond acceptors (Lipinski definition) is 20. The number of nitriles is 1. The van der Waals surface area contributed by atoms with Gasteiger partial charge in [-0.25, -0.2) is 53.5 Å². The molecule has 630 valence electrons. The number of nitrogens with one attached hydrogen (secondary N) is 1. The second-order valence-electron chi connectivity index (χ2n) is 28.0. The van der Waals surface area contributed by atoms with E-state index in [1.165, 1.54) is 179 Å². The summed E-state index contributed by atoms with van der Waals surface area (Å²) < 4.78 is 150. The molecule has 27 nitrogen and oxygen atoms in total. The first kappa shape index (κ1) is 91.6. The number of carboxylic acids is 1. The summed E-state index contributed by atoms with van der Waals surface area (Å²) in [6, 6.07) is 31.6. The molecule has 4 N–H and O–H groups in total. The Kier molecular flexibility index (Phi) is 27.3. The minimum atomic E-state index is -4.45. The molecule has 0 aliphatic carbocycles. The number of nitrogens with two attached hydrogens (primary N) is 1. The number of nitrogens with zero attached hydrogens (tertiary/aromatic N) is 13. The zero-order valence-electron chi connectivity index (χ0n) is 64.0. The van der Waals surface area contributed by atoms with Gasteiger partial charge in [-0.15, -0.1) is 0 Å². The molecule has 4 aromatic carbocycles. The van der Waals surface area contributed by atoms with Crippen LogP contribution >= 0.6 is 47.0 Å². The van der Waals surface area contributed by atoms with Crippen molar-refractivity contribution >= 4 is 135 Å². The predicted molar refractivity (Wildman–Crippen MR) is 414 cm³/mol. The lowest BCUT2D eigenvalue weighted by molar-refractivity contribution is -0.124. The first-order chi connectivity index (χ1) is 55.8. The molecular formula is C77H67F12N15O12S4. The summed E-state index contributed by atoms with van der Waals surface area (Å²) in [5.74, 6) is -4.40. The fourth-order valence-corrected chi connectivity index (χ4v) is 14.2. The van der Waals surface area contributed by atoms with Crippen molar-refractivity contribution in [2.75, 3.05) is 26.6 Å². The summed E-state index contributed by atoms with van der Waals surface area (Å²) in [5, 5.41) is 20.5. The third-order valence-corrected chi connectivity index (χ3v) is 21.3. The Morgan fingerprint density at radius 3 is 0.867 bits per heavy atom. The highest BCUT2D eigenvalue weighted by molar-refractivity contribution is 8.00. The molecule has 0 saturated carbocycles. The smallest absolute Gasteiger partial charge is 0.446 e. The maximum absolute atomic E-state index is 13.1. The molecule has 4 aromatic heterocycles. The van der Waals surface area contributed by atoms with E-state index < -0.39 is 104 Å². The quantitative estimate of drug-likeness (QED) is 0.0384. The van der Waals surface area contributed by atoms with E-state index in [0.717, 1.165) is 19.6 Å². The van der Waals surface area contributed by atoms with E-state index in [1.807, 2.05) is 6.07 Å². The molecule has 0 unspecified atom stereocenters. The number of imide groups is 4. The number of carbonyl (C=O) groups excluding carboxylic acids is 10. The molecule has 8 heterocycles. The summed E-state index contributed by atoms with van der Waals surface area (Å²) in [7, 11) is 1.47. The number of anilines is 4. The van der Waals surface area contributed by atoms with E-state index in [0.29, 0.717) is 22.3 Å². The molecular weight excluding hydrogens is 1680 g/mol. The van der Waals surface area contributed by atoms with Gasteiger partial charge in [-0.05, 0) is 270 Å². The lowest BCUT2D eigenvalue weighted by atomic mass is 10.0. The lowest BCUT2D eigenvalue weighted by Crippen LogP contribution is -2.43. The number of thioether (sulfide) groups is 4. The first-order valence-electron chi connectivity index (χ1n) is 34.8. The molecule has 0 bridgehead atoms. The molecule has 4 aliphatic rings. The maximum atomic E-state index is 13.1. The van der Waals surface area contributed by atoms with Crippen molar-refractivity contribution in [2.24, 2.45) is 5.73 Å². The van der Waals surface area contributed by atoms with Gasteiger partial charge in [0.05, 0.1) is 22.7 Å². The number of hydrogen-bond donors (Lipinski definition) is 3. The number of rotatable bonds is 19. The monoisotopic (exact) mass is 1750 g/mol. The summed E-state index contributed by atoms with van der Waals surface area (Å²) >= 11 is -1.12. The van der Waals surface area contributed by atoms with Crippen molar-refractivity contribution in [3.8, 4) is 6.07 Å². The van der Waals surface area contributed by atoms with Gasteiger partial charge >= 0.3 is 52.1 Å². The van der Waals surface area contributed by atoms with Crippen LogP contribution in [0.2, 0.25) is 0 Å². The van der Waals surface area contributed by atoms with Crippen LogP contribution in [-0.2, 0) is 45.4 Å². The number of halogens is 12. The fourth-order valence-electron chi connectivity index (χ4n) is 12.1. The number of benzene rings is 4. The number of pyridine rings is 4. The highest BCUT2D eigenvalue weighted by Gasteiger charge is 2.56. The van der Waals surface area contributed by atoms with Crippen LogP contribution in [0.1, 0.15) is 115 Å². The van der Waals surface area contributed by atoms with E-state index in [2.05, 4.69) is 25.3 Å². The van der Waals surface area contributed by atoms with Gasteiger partial charge in [-0.1, -0.05) is 0 Å². The minimum absolute atomic E-state index is 0.0128. The van der Waals surface area contributed by atoms with E-state index in [1.54, 1.807) is 73.6 Å². The Labute approximate surface area is 691 Å². The van der Waals surface area contributed by atoms with Gasteiger partial charge in [-0.3, -0.25) is 38.7 Å². The standard InChI is InChI=1S/C20H19F3N4O3S.C19H17F3N4O3S.C19H15F3N4O2S.C19H16F3N3O4S/c1-19(2)17(29)27(13-4-6-14(7-5-13)31-20(21,22)23)18(30)26(19)11-12-8-9-25-15(10-12)16(28)24-3;1-18(2)16(28)26(12-3-5-13(6-4-12)30-19(20,21)22)17(29)25(18)10-11-7-8-24-14(9-11)15(23)27;1-18(2)16(27)26(14-3-5-15(6-4-14)29-19(20,21)22)17(28)25(18)11-12-7-8-24-13(9-12)10-23;1-18(2)16(28)25(12-3-5-13(6-4-12)30-19(20,21)22)17(29)24(18)10-11-7-8-23-14(9-11)15(26)27/h4-10H,11H2,1-3H3,(H,24,28);3-9H,10H2,1-2H3,(H2,23,27);3-9H,11H2,1-2H3;3-9H,10H2,1-2H3,(H,26,27). The molecule has 14 amide bonds. The topological polar surface area (TPSA) is 347 Å². The zero-order chi connectivity index (χ0) is 88.9. The number of carbonyl (C=O) groups is 11. The van der Waals surface area contributed by atoms with Gasteiger partial charge in [0, 0.05) is 77.6 Å². The lowest BCUT2D eigenvalue weighted by Gasteiger charge is -2.27.